The second kappa shape index (κ2) is 5.60. The summed E-state index contributed by atoms with van der Waals surface area (Å²) in [6.07, 6.45) is 0.789. The van der Waals surface area contributed by atoms with Crippen LogP contribution in [0.2, 0.25) is 0 Å². The van der Waals surface area contributed by atoms with E-state index in [0.717, 1.165) is 6.42 Å². The summed E-state index contributed by atoms with van der Waals surface area (Å²) in [4.78, 5) is 15.3. The fourth-order valence-electron chi connectivity index (χ4n) is 1.35. The molecule has 0 amide bonds. The Balaban J connectivity index is 2.67. The number of carbonyl (C=O) groups is 1. The molecular weight excluding hydrogens is 208 g/mol. The molecule has 0 radical (unpaired) electrons. The molecule has 0 fully saturated rings. The molecule has 90 valence electrons. The van der Waals surface area contributed by atoms with Crippen LogP contribution < -0.4 is 5.73 Å². The lowest BCUT2D eigenvalue weighted by Crippen LogP contribution is -2.15. The van der Waals surface area contributed by atoms with E-state index >= 15 is 0 Å². The number of carbonyl (C=O) groups excluding carboxylic acids is 1. The van der Waals surface area contributed by atoms with E-state index in [1.807, 2.05) is 0 Å². The third kappa shape index (κ3) is 3.30. The van der Waals surface area contributed by atoms with Crippen molar-refractivity contribution in [3.05, 3.63) is 11.6 Å². The van der Waals surface area contributed by atoms with Crippen LogP contribution in [0.4, 0.5) is 0 Å². The highest BCUT2D eigenvalue weighted by molar-refractivity contribution is 5.84. The van der Waals surface area contributed by atoms with E-state index in [9.17, 15) is 4.79 Å². The fourth-order valence-corrected chi connectivity index (χ4v) is 1.35. The van der Waals surface area contributed by atoms with Crippen LogP contribution >= 0.6 is 0 Å². The quantitative estimate of drug-likeness (QED) is 0.731. The molecule has 0 aromatic carbocycles. The summed E-state index contributed by atoms with van der Waals surface area (Å²) in [5.74, 6) is 0.501. The minimum atomic E-state index is -0.526. The van der Waals surface area contributed by atoms with Crippen molar-refractivity contribution in [2.75, 3.05) is 6.61 Å². The Hall–Kier alpha value is -1.43. The number of nitrogens with two attached hydrogens (primary N) is 1. The molecule has 1 aromatic heterocycles. The summed E-state index contributed by atoms with van der Waals surface area (Å²) in [6, 6.07) is -0.226. The number of hydrogen-bond acceptors (Lipinski definition) is 5. The molecule has 16 heavy (non-hydrogen) atoms. The Bertz CT molecular complexity index is 348. The summed E-state index contributed by atoms with van der Waals surface area (Å²) >= 11 is 0. The predicted molar refractivity (Wildman–Crippen MR) is 58.7 cm³/mol. The Morgan fingerprint density at radius 2 is 2.25 bits per heavy atom. The maximum atomic E-state index is 11.3. The lowest BCUT2D eigenvalue weighted by molar-refractivity contribution is 0.0512. The van der Waals surface area contributed by atoms with Crippen molar-refractivity contribution in [1.29, 1.82) is 0 Å². The van der Waals surface area contributed by atoms with E-state index in [0.29, 0.717) is 18.3 Å². The fraction of sp³-hybridized carbons (Fsp3) is 0.700. The molecule has 1 atom stereocenters. The van der Waals surface area contributed by atoms with E-state index in [4.69, 9.17) is 10.5 Å². The third-order valence-electron chi connectivity index (χ3n) is 2.04. The van der Waals surface area contributed by atoms with Crippen LogP contribution in [0.5, 0.6) is 0 Å². The van der Waals surface area contributed by atoms with Gasteiger partial charge in [0.05, 0.1) is 12.6 Å². The van der Waals surface area contributed by atoms with E-state index in [2.05, 4.69) is 29.0 Å². The first-order chi connectivity index (χ1) is 7.54. The van der Waals surface area contributed by atoms with Gasteiger partial charge in [-0.25, -0.2) is 9.78 Å². The predicted octanol–water partition coefficient (Wildman–Crippen LogP) is 1.03. The van der Waals surface area contributed by atoms with Crippen LogP contribution in [0.15, 0.2) is 0 Å². The van der Waals surface area contributed by atoms with Crippen LogP contribution in [-0.2, 0) is 4.74 Å². The molecular formula is C10H18N4O2. The van der Waals surface area contributed by atoms with Crippen LogP contribution in [0.3, 0.4) is 0 Å². The zero-order valence-electron chi connectivity index (χ0n) is 9.86. The average Bonchev–Trinajstić information content (AvgIpc) is 2.65. The first-order valence-corrected chi connectivity index (χ1v) is 5.39. The molecule has 1 aromatic rings. The summed E-state index contributed by atoms with van der Waals surface area (Å²) in [5, 5.41) is 6.44. The van der Waals surface area contributed by atoms with Crippen LogP contribution in [0, 0.1) is 5.92 Å². The molecule has 0 bridgehead atoms. The van der Waals surface area contributed by atoms with Crippen molar-refractivity contribution < 1.29 is 9.53 Å². The normalized spacial score (nSPS) is 12.8. The number of hydrogen-bond donors (Lipinski definition) is 2. The van der Waals surface area contributed by atoms with Crippen molar-refractivity contribution in [2.24, 2.45) is 11.7 Å². The highest BCUT2D eigenvalue weighted by atomic mass is 16.5. The zero-order chi connectivity index (χ0) is 12.1. The minimum absolute atomic E-state index is 0.0380. The molecule has 6 nitrogen and oxygen atoms in total. The highest BCUT2D eigenvalue weighted by Crippen LogP contribution is 2.14. The van der Waals surface area contributed by atoms with Gasteiger partial charge in [0.15, 0.2) is 0 Å². The molecule has 0 unspecified atom stereocenters. The van der Waals surface area contributed by atoms with Gasteiger partial charge in [0.2, 0.25) is 0 Å². The Morgan fingerprint density at radius 1 is 1.56 bits per heavy atom. The smallest absolute Gasteiger partial charge is 0.378 e. The van der Waals surface area contributed by atoms with Gasteiger partial charge in [-0.3, -0.25) is 5.10 Å². The van der Waals surface area contributed by atoms with Gasteiger partial charge >= 0.3 is 5.97 Å². The molecule has 0 spiro atoms. The van der Waals surface area contributed by atoms with Gasteiger partial charge in [0.25, 0.3) is 5.82 Å². The van der Waals surface area contributed by atoms with Gasteiger partial charge in [-0.15, -0.1) is 5.10 Å². The number of ether oxygens (including phenoxy) is 1. The van der Waals surface area contributed by atoms with E-state index in [1.165, 1.54) is 0 Å². The number of aromatic nitrogens is 3. The maximum absolute atomic E-state index is 11.3. The van der Waals surface area contributed by atoms with Crippen molar-refractivity contribution >= 4 is 5.97 Å². The van der Waals surface area contributed by atoms with Gasteiger partial charge in [-0.2, -0.15) is 0 Å². The van der Waals surface area contributed by atoms with Crippen molar-refractivity contribution in [2.45, 2.75) is 33.2 Å². The van der Waals surface area contributed by atoms with Crippen molar-refractivity contribution in [1.82, 2.24) is 15.2 Å². The third-order valence-corrected chi connectivity index (χ3v) is 2.04. The number of esters is 1. The summed E-state index contributed by atoms with van der Waals surface area (Å²) in [5.41, 5.74) is 5.90. The summed E-state index contributed by atoms with van der Waals surface area (Å²) in [7, 11) is 0. The molecule has 6 heteroatoms. The Morgan fingerprint density at radius 3 is 2.81 bits per heavy atom. The lowest BCUT2D eigenvalue weighted by atomic mass is 10.0. The molecule has 0 aliphatic rings. The summed E-state index contributed by atoms with van der Waals surface area (Å²) < 4.78 is 4.78. The molecule has 0 aliphatic carbocycles. The molecule has 1 heterocycles. The van der Waals surface area contributed by atoms with Crippen LogP contribution in [0.25, 0.3) is 0 Å². The maximum Gasteiger partial charge on any atom is 0.378 e. The second-order valence-corrected chi connectivity index (χ2v) is 4.00. The number of nitrogens with one attached hydrogen (secondary N) is 1. The number of aromatic amines is 1. The van der Waals surface area contributed by atoms with Crippen LogP contribution in [-0.4, -0.2) is 27.8 Å². The number of nitrogens with zero attached hydrogens (tertiary/aromatic N) is 2. The first-order valence-electron chi connectivity index (χ1n) is 5.39. The average molecular weight is 226 g/mol. The largest absolute Gasteiger partial charge is 0.460 e. The monoisotopic (exact) mass is 226 g/mol. The highest BCUT2D eigenvalue weighted by Gasteiger charge is 2.17. The van der Waals surface area contributed by atoms with Gasteiger partial charge in [-0.1, -0.05) is 13.8 Å². The molecule has 0 aliphatic heterocycles. The molecule has 0 saturated carbocycles. The zero-order valence-corrected chi connectivity index (χ0v) is 9.86. The van der Waals surface area contributed by atoms with Crippen molar-refractivity contribution in [3.8, 4) is 0 Å². The Labute approximate surface area is 94.6 Å². The van der Waals surface area contributed by atoms with Gasteiger partial charge in [0.1, 0.15) is 5.82 Å². The SMILES string of the molecule is CCOC(=O)c1n[nH]c([C@H](N)CC(C)C)n1. The minimum Gasteiger partial charge on any atom is -0.460 e. The van der Waals surface area contributed by atoms with E-state index in [-0.39, 0.29) is 11.9 Å². The first kappa shape index (κ1) is 12.6. The van der Waals surface area contributed by atoms with Crippen LogP contribution in [0.1, 0.15) is 49.7 Å². The topological polar surface area (TPSA) is 93.9 Å². The van der Waals surface area contributed by atoms with Gasteiger partial charge in [0, 0.05) is 0 Å². The molecule has 0 saturated heterocycles. The van der Waals surface area contributed by atoms with E-state index < -0.39 is 5.97 Å². The van der Waals surface area contributed by atoms with Gasteiger partial charge < -0.3 is 10.5 Å². The second-order valence-electron chi connectivity index (χ2n) is 4.00. The van der Waals surface area contributed by atoms with Gasteiger partial charge in [-0.05, 0) is 19.3 Å². The van der Waals surface area contributed by atoms with Crippen molar-refractivity contribution in [3.63, 3.8) is 0 Å². The Kier molecular flexibility index (Phi) is 4.42. The number of H-pyrrole nitrogens is 1. The van der Waals surface area contributed by atoms with E-state index in [1.54, 1.807) is 6.92 Å². The lowest BCUT2D eigenvalue weighted by Gasteiger charge is -2.09. The number of rotatable bonds is 5. The summed E-state index contributed by atoms with van der Waals surface area (Å²) in [6.45, 7) is 6.18. The molecule has 1 rings (SSSR count). The molecule has 3 N–H and O–H groups in total. The standard InChI is InChI=1S/C10H18N4O2/c1-4-16-10(15)9-12-8(13-14-9)7(11)5-6(2)3/h6-7H,4-5,11H2,1-3H3,(H,12,13,14)/t7-/m1/s1.